The predicted octanol–water partition coefficient (Wildman–Crippen LogP) is 14.2. The topological polar surface area (TPSA) is 196 Å². The Labute approximate surface area is 629 Å². The summed E-state index contributed by atoms with van der Waals surface area (Å²) in [6.07, 6.45) is 3.91. The molecule has 105 heavy (non-hydrogen) atoms. The van der Waals surface area contributed by atoms with Crippen molar-refractivity contribution in [2.75, 3.05) is 90.3 Å². The van der Waals surface area contributed by atoms with Crippen molar-refractivity contribution in [3.05, 3.63) is 199 Å². The normalized spacial score (nSPS) is 15.5. The molecule has 0 amide bonds. The number of hydrogen-bond donors (Lipinski definition) is 1. The highest BCUT2D eigenvalue weighted by molar-refractivity contribution is 9.10. The quantitative estimate of drug-likeness (QED) is 0.0280. The Morgan fingerprint density at radius 3 is 1.24 bits per heavy atom. The standard InChI is InChI=1S/C27H39N2.C15H20O4.C12H16O5S.C11H14O3.C9H9BrO2.C6H12O2.BF3.FH/c1-18(2)22-11-9-12-23(19(3)4)26(22)28-15-16-29(17-28)27-24(20(5)6)13-10-14-25(27)21(7)8;1-15(2,3)19-13(16)10-11-5-4-6-12(9-11)14-17-7-8-18-14;1-18(13,14)17-6-5-10-3-2-4-11(9-10)12-15-7-8-16-12;12-5-4-9-2-1-3-10(8-9)11-13-6-7-14-11;10-8-3-1-2-7(6-8)9-11-4-5-12-9;1-5(7)8-6(2,3)4;2-1(3)4;/h9-14,17-21H,15-16H2,1-8H3;4-6,9,14H,7-8,10H2,1-3H3;2-4,9,12H,5-8H2,1H3;1-3,8,11-12H,4-7H2;1-3,6,9H,4-5H2;1-4H3;;1H/q+1;;;;;;;/p-1. The van der Waals surface area contributed by atoms with E-state index in [0.29, 0.717) is 89.4 Å². The summed E-state index contributed by atoms with van der Waals surface area (Å²) in [5.74, 6) is 1.61. The second kappa shape index (κ2) is 45.4. The number of esters is 2. The molecular weight excluding hydrogens is 1440 g/mol. The van der Waals surface area contributed by atoms with Crippen molar-refractivity contribution < 1.29 is 96.9 Å². The van der Waals surface area contributed by atoms with Crippen LogP contribution in [0.1, 0.15) is 214 Å². The third kappa shape index (κ3) is 33.7. The van der Waals surface area contributed by atoms with Gasteiger partial charge in [-0.25, -0.2) is 9.48 Å². The van der Waals surface area contributed by atoms with Gasteiger partial charge in [0.25, 0.3) is 10.1 Å². The Hall–Kier alpha value is -6.46. The van der Waals surface area contributed by atoms with Crippen LogP contribution in [0.4, 0.5) is 24.3 Å². The molecule has 0 aliphatic carbocycles. The van der Waals surface area contributed by atoms with Crippen LogP contribution >= 0.6 is 15.9 Å². The van der Waals surface area contributed by atoms with Gasteiger partial charge in [0.1, 0.15) is 35.7 Å². The highest BCUT2D eigenvalue weighted by Crippen LogP contribution is 2.39. The number of benzene rings is 6. The molecule has 11 rings (SSSR count). The maximum atomic E-state index is 11.8. The molecule has 25 heteroatoms. The molecule has 5 heterocycles. The van der Waals surface area contributed by atoms with Gasteiger partial charge >= 0.3 is 19.5 Å². The Morgan fingerprint density at radius 1 is 0.552 bits per heavy atom. The van der Waals surface area contributed by atoms with Gasteiger partial charge < -0.3 is 57.2 Å². The summed E-state index contributed by atoms with van der Waals surface area (Å²) in [6, 6.07) is 45.0. The number of para-hydroxylation sites is 2. The number of nitrogens with zero attached hydrogens (tertiary/aromatic N) is 2. The lowest BCUT2D eigenvalue weighted by Gasteiger charge is -2.20. The molecule has 0 bridgehead atoms. The van der Waals surface area contributed by atoms with Crippen LogP contribution in [0.3, 0.4) is 0 Å². The van der Waals surface area contributed by atoms with Crippen LogP contribution in [0.5, 0.6) is 0 Å². The molecule has 18 nitrogen and oxygen atoms in total. The molecule has 1 N–H and O–H groups in total. The number of hydrogen-bond acceptors (Lipinski definition) is 17. The third-order valence-electron chi connectivity index (χ3n) is 15.7. The molecule has 580 valence electrons. The summed E-state index contributed by atoms with van der Waals surface area (Å²) in [4.78, 5) is 24.5. The highest BCUT2D eigenvalue weighted by atomic mass is 79.9. The molecule has 0 unspecified atom stereocenters. The summed E-state index contributed by atoms with van der Waals surface area (Å²) < 4.78 is 112. The van der Waals surface area contributed by atoms with Gasteiger partial charge in [-0.15, -0.1) is 0 Å². The minimum absolute atomic E-state index is 0. The van der Waals surface area contributed by atoms with Crippen molar-refractivity contribution in [1.82, 2.24) is 0 Å². The number of aliphatic hydroxyl groups is 1. The summed E-state index contributed by atoms with van der Waals surface area (Å²) in [5, 5.41) is 8.81. The SMILES string of the molecule is Brc1cccc(C2OCCO2)c1.CC(=O)OC(C)(C)C.CC(C)(C)OC(=O)Cc1cccc(C2OCCO2)c1.CC(C)c1cccc(C(C)C)c1N1C=[N+](c2c(C(C)C)cccc2C(C)C)CC1.CS(=O)(=O)OCCc1cccc(C2OCCO2)c1.FB(F)F.OCCc1cccc(C2OCCO2)c1.[F-]. The number of anilines is 1. The Morgan fingerprint density at radius 2 is 0.895 bits per heavy atom. The molecule has 6 aromatic carbocycles. The molecule has 4 saturated heterocycles. The number of carbonyl (C=O) groups excluding carboxylic acids is 2. The number of rotatable bonds is 18. The first-order valence-corrected chi connectivity index (χ1v) is 38.1. The third-order valence-corrected chi connectivity index (χ3v) is 16.8. The van der Waals surface area contributed by atoms with E-state index < -0.39 is 23.3 Å². The molecule has 0 radical (unpaired) electrons. The van der Waals surface area contributed by atoms with E-state index in [2.05, 4.69) is 124 Å². The molecule has 0 aromatic heterocycles. The van der Waals surface area contributed by atoms with E-state index in [1.807, 2.05) is 139 Å². The van der Waals surface area contributed by atoms with Crippen molar-refractivity contribution in [2.45, 2.75) is 183 Å². The Kier molecular flexibility index (Phi) is 39.3. The summed E-state index contributed by atoms with van der Waals surface area (Å²) >= 11 is 3.40. The number of ether oxygens (including phenoxy) is 10. The molecule has 4 fully saturated rings. The summed E-state index contributed by atoms with van der Waals surface area (Å²) in [7, 11) is -7.04. The average molecular weight is 1550 g/mol. The molecular formula is C80H110BBrF4N2O16S. The maximum absolute atomic E-state index is 11.8. The van der Waals surface area contributed by atoms with Gasteiger partial charge in [0, 0.05) is 62.5 Å². The van der Waals surface area contributed by atoms with E-state index in [4.69, 9.17) is 56.7 Å². The van der Waals surface area contributed by atoms with E-state index in [-0.39, 0.29) is 67.0 Å². The second-order valence-electron chi connectivity index (χ2n) is 28.2. The van der Waals surface area contributed by atoms with Crippen molar-refractivity contribution in [2.24, 2.45) is 0 Å². The zero-order valence-electron chi connectivity index (χ0n) is 63.8. The van der Waals surface area contributed by atoms with Gasteiger partial charge in [-0.3, -0.25) is 26.7 Å². The van der Waals surface area contributed by atoms with Crippen LogP contribution in [0.2, 0.25) is 0 Å². The van der Waals surface area contributed by atoms with E-state index >= 15 is 0 Å². The van der Waals surface area contributed by atoms with Crippen LogP contribution in [0.25, 0.3) is 0 Å². The van der Waals surface area contributed by atoms with E-state index in [1.165, 1.54) is 40.6 Å². The van der Waals surface area contributed by atoms with E-state index in [0.717, 1.165) is 62.8 Å². The van der Waals surface area contributed by atoms with Gasteiger partial charge in [0.2, 0.25) is 6.34 Å². The lowest BCUT2D eigenvalue weighted by molar-refractivity contribution is -0.425. The van der Waals surface area contributed by atoms with Gasteiger partial charge in [-0.2, -0.15) is 8.42 Å². The van der Waals surface area contributed by atoms with Crippen molar-refractivity contribution in [3.8, 4) is 0 Å². The van der Waals surface area contributed by atoms with Gasteiger partial charge in [-0.1, -0.05) is 193 Å². The summed E-state index contributed by atoms with van der Waals surface area (Å²) in [6.45, 7) is 38.5. The minimum Gasteiger partial charge on any atom is -1.00 e. The molecule has 6 aromatic rings. The minimum atomic E-state index is -3.67. The largest absolute Gasteiger partial charge is 1.00 e. The number of carbonyl (C=O) groups is 2. The number of halogens is 5. The second-order valence-corrected chi connectivity index (χ2v) is 30.8. The first-order chi connectivity index (χ1) is 49.1. The summed E-state index contributed by atoms with van der Waals surface area (Å²) in [5.41, 5.74) is 14.9. The fourth-order valence-electron chi connectivity index (χ4n) is 11.4. The lowest BCUT2D eigenvalue weighted by Crippen LogP contribution is -3.00. The van der Waals surface area contributed by atoms with Crippen LogP contribution in [-0.2, 0) is 90.5 Å². The first-order valence-electron chi connectivity index (χ1n) is 35.5. The van der Waals surface area contributed by atoms with Crippen molar-refractivity contribution >= 4 is 63.2 Å². The predicted molar refractivity (Wildman–Crippen MR) is 405 cm³/mol. The molecule has 0 saturated carbocycles. The van der Waals surface area contributed by atoms with Gasteiger partial charge in [0.15, 0.2) is 25.2 Å². The van der Waals surface area contributed by atoms with Crippen LogP contribution in [0.15, 0.2) is 138 Å². The fraction of sp³-hybridized carbons (Fsp3) is 0.512. The highest BCUT2D eigenvalue weighted by Gasteiger charge is 2.32. The zero-order valence-corrected chi connectivity index (χ0v) is 66.2. The lowest BCUT2D eigenvalue weighted by atomic mass is 9.92. The fourth-order valence-corrected chi connectivity index (χ4v) is 12.2. The first kappa shape index (κ1) is 90.9. The molecule has 5 aliphatic heterocycles. The van der Waals surface area contributed by atoms with Crippen LogP contribution < -0.4 is 9.60 Å². The molecule has 5 aliphatic rings. The monoisotopic (exact) mass is 1550 g/mol. The molecule has 0 atom stereocenters. The van der Waals surface area contributed by atoms with E-state index in [1.54, 1.807) is 0 Å². The van der Waals surface area contributed by atoms with Gasteiger partial charge in [-0.05, 0) is 107 Å². The van der Waals surface area contributed by atoms with Gasteiger partial charge in [0.05, 0.1) is 72.1 Å². The Balaban J connectivity index is 0.000000273. The zero-order chi connectivity index (χ0) is 76.7. The average Bonchev–Trinajstić information content (AvgIpc) is 1.71. The smallest absolute Gasteiger partial charge is 0.762 e. The maximum Gasteiger partial charge on any atom is 0.762 e. The van der Waals surface area contributed by atoms with Crippen molar-refractivity contribution in [1.29, 1.82) is 0 Å². The van der Waals surface area contributed by atoms with Crippen LogP contribution in [-0.4, -0.2) is 141 Å². The van der Waals surface area contributed by atoms with E-state index in [9.17, 15) is 31.0 Å². The van der Waals surface area contributed by atoms with Crippen molar-refractivity contribution in [3.63, 3.8) is 0 Å². The van der Waals surface area contributed by atoms with Crippen LogP contribution in [0, 0.1) is 0 Å². The Bertz CT molecular complexity index is 3660. The molecule has 0 spiro atoms. The number of aliphatic hydroxyl groups excluding tert-OH is 1.